The summed E-state index contributed by atoms with van der Waals surface area (Å²) in [6.07, 6.45) is 2.42. The Morgan fingerprint density at radius 1 is 1.27 bits per heavy atom. The first-order valence-corrected chi connectivity index (χ1v) is 5.45. The first kappa shape index (κ1) is 10.6. The van der Waals surface area contributed by atoms with E-state index in [9.17, 15) is 9.59 Å². The zero-order valence-electron chi connectivity index (χ0n) is 8.95. The van der Waals surface area contributed by atoms with Crippen molar-refractivity contribution in [3.63, 3.8) is 0 Å². The third-order valence-corrected chi connectivity index (χ3v) is 3.32. The van der Waals surface area contributed by atoms with Crippen molar-refractivity contribution in [3.8, 4) is 0 Å². The maximum absolute atomic E-state index is 11.5. The van der Waals surface area contributed by atoms with Gasteiger partial charge in [0, 0.05) is 6.04 Å². The van der Waals surface area contributed by atoms with Crippen molar-refractivity contribution in [3.05, 3.63) is 0 Å². The van der Waals surface area contributed by atoms with E-state index in [0.717, 1.165) is 25.9 Å². The number of carbonyl (C=O) groups is 2. The van der Waals surface area contributed by atoms with Crippen LogP contribution in [0.15, 0.2) is 0 Å². The van der Waals surface area contributed by atoms with Crippen LogP contribution in [0.5, 0.6) is 0 Å². The minimum Gasteiger partial charge on any atom is -0.317 e. The second-order valence-electron chi connectivity index (χ2n) is 4.28. The van der Waals surface area contributed by atoms with Gasteiger partial charge in [0.1, 0.15) is 0 Å². The molecule has 0 aromatic carbocycles. The van der Waals surface area contributed by atoms with Crippen molar-refractivity contribution in [1.29, 1.82) is 0 Å². The van der Waals surface area contributed by atoms with Crippen molar-refractivity contribution in [1.82, 2.24) is 15.5 Å². The third kappa shape index (κ3) is 2.18. The van der Waals surface area contributed by atoms with Gasteiger partial charge in [0.2, 0.25) is 11.8 Å². The summed E-state index contributed by atoms with van der Waals surface area (Å²) in [4.78, 5) is 24.6. The molecule has 2 rings (SSSR count). The van der Waals surface area contributed by atoms with E-state index in [-0.39, 0.29) is 17.9 Å². The summed E-state index contributed by atoms with van der Waals surface area (Å²) in [5.74, 6) is -0.285. The lowest BCUT2D eigenvalue weighted by Crippen LogP contribution is -2.48. The van der Waals surface area contributed by atoms with Crippen LogP contribution in [0.4, 0.5) is 0 Å². The highest BCUT2D eigenvalue weighted by molar-refractivity contribution is 6.05. The molecule has 2 amide bonds. The lowest BCUT2D eigenvalue weighted by Gasteiger charge is -2.34. The lowest BCUT2D eigenvalue weighted by atomic mass is 10.0. The molecule has 84 valence electrons. The summed E-state index contributed by atoms with van der Waals surface area (Å²) in [7, 11) is 1.94. The second kappa shape index (κ2) is 4.28. The lowest BCUT2D eigenvalue weighted by molar-refractivity contribution is -0.126. The van der Waals surface area contributed by atoms with Gasteiger partial charge in [-0.3, -0.25) is 19.8 Å². The molecule has 2 saturated heterocycles. The number of amides is 2. The van der Waals surface area contributed by atoms with E-state index in [0.29, 0.717) is 12.5 Å². The van der Waals surface area contributed by atoms with Gasteiger partial charge in [-0.1, -0.05) is 0 Å². The van der Waals surface area contributed by atoms with Gasteiger partial charge in [-0.25, -0.2) is 0 Å². The Bertz CT molecular complexity index is 274. The van der Waals surface area contributed by atoms with Crippen LogP contribution in [-0.2, 0) is 9.59 Å². The molecule has 2 aliphatic heterocycles. The monoisotopic (exact) mass is 211 g/mol. The van der Waals surface area contributed by atoms with Crippen LogP contribution < -0.4 is 10.6 Å². The van der Waals surface area contributed by atoms with Gasteiger partial charge in [0.25, 0.3) is 0 Å². The topological polar surface area (TPSA) is 61.4 Å². The summed E-state index contributed by atoms with van der Waals surface area (Å²) in [6, 6.07) is 0.175. The fourth-order valence-electron chi connectivity index (χ4n) is 2.34. The smallest absolute Gasteiger partial charge is 0.244 e. The Kier molecular flexibility index (Phi) is 3.02. The molecule has 2 heterocycles. The van der Waals surface area contributed by atoms with Gasteiger partial charge in [-0.2, -0.15) is 0 Å². The minimum absolute atomic E-state index is 0.138. The highest BCUT2D eigenvalue weighted by Gasteiger charge is 2.36. The third-order valence-electron chi connectivity index (χ3n) is 3.32. The zero-order chi connectivity index (χ0) is 10.8. The zero-order valence-corrected chi connectivity index (χ0v) is 8.95. The molecule has 2 aliphatic rings. The maximum Gasteiger partial charge on any atom is 0.244 e. The van der Waals surface area contributed by atoms with E-state index in [2.05, 4.69) is 15.5 Å². The number of imide groups is 1. The molecule has 0 aromatic heterocycles. The summed E-state index contributed by atoms with van der Waals surface area (Å²) in [5, 5.41) is 5.64. The van der Waals surface area contributed by atoms with Crippen molar-refractivity contribution < 1.29 is 9.59 Å². The van der Waals surface area contributed by atoms with Gasteiger partial charge in [0.15, 0.2) is 0 Å². The molecule has 2 fully saturated rings. The number of carbonyl (C=O) groups excluding carboxylic acids is 2. The average Bonchev–Trinajstić information content (AvgIpc) is 2.58. The van der Waals surface area contributed by atoms with Crippen molar-refractivity contribution in [2.24, 2.45) is 0 Å². The average molecular weight is 211 g/mol. The first-order chi connectivity index (χ1) is 7.18. The molecule has 0 radical (unpaired) electrons. The van der Waals surface area contributed by atoms with E-state index >= 15 is 0 Å². The number of rotatable bonds is 2. The predicted molar refractivity (Wildman–Crippen MR) is 55.2 cm³/mol. The van der Waals surface area contributed by atoms with Crippen molar-refractivity contribution >= 4 is 11.8 Å². The molecule has 0 spiro atoms. The SMILES string of the molecule is CN(C1CCNCC1)C1CC(=O)NC1=O. The quantitative estimate of drug-likeness (QED) is 0.580. The van der Waals surface area contributed by atoms with Gasteiger partial charge in [-0.05, 0) is 33.0 Å². The minimum atomic E-state index is -0.249. The molecule has 0 aliphatic carbocycles. The van der Waals surface area contributed by atoms with Gasteiger partial charge in [-0.15, -0.1) is 0 Å². The number of hydrogen-bond acceptors (Lipinski definition) is 4. The molecule has 1 atom stereocenters. The van der Waals surface area contributed by atoms with Crippen molar-refractivity contribution in [2.75, 3.05) is 20.1 Å². The van der Waals surface area contributed by atoms with E-state index in [1.165, 1.54) is 0 Å². The molecular formula is C10H17N3O2. The predicted octanol–water partition coefficient (Wildman–Crippen LogP) is -0.915. The largest absolute Gasteiger partial charge is 0.317 e. The number of nitrogens with zero attached hydrogens (tertiary/aromatic N) is 1. The number of likely N-dealkylation sites (N-methyl/N-ethyl adjacent to an activating group) is 1. The number of hydrogen-bond donors (Lipinski definition) is 2. The van der Waals surface area contributed by atoms with Crippen LogP contribution in [0, 0.1) is 0 Å². The molecule has 0 aromatic rings. The van der Waals surface area contributed by atoms with Crippen LogP contribution in [0.1, 0.15) is 19.3 Å². The fraction of sp³-hybridized carbons (Fsp3) is 0.800. The maximum atomic E-state index is 11.5. The summed E-state index contributed by atoms with van der Waals surface area (Å²) in [5.41, 5.74) is 0. The number of piperidine rings is 1. The van der Waals surface area contributed by atoms with E-state index < -0.39 is 0 Å². The Labute approximate surface area is 89.2 Å². The highest BCUT2D eigenvalue weighted by Crippen LogP contribution is 2.17. The van der Waals surface area contributed by atoms with E-state index in [1.807, 2.05) is 7.05 Å². The molecule has 1 unspecified atom stereocenters. The molecule has 5 heteroatoms. The van der Waals surface area contributed by atoms with Crippen molar-refractivity contribution in [2.45, 2.75) is 31.3 Å². The second-order valence-corrected chi connectivity index (χ2v) is 4.28. The highest BCUT2D eigenvalue weighted by atomic mass is 16.2. The fourth-order valence-corrected chi connectivity index (χ4v) is 2.34. The normalized spacial score (nSPS) is 28.5. The van der Waals surface area contributed by atoms with Crippen LogP contribution in [0.25, 0.3) is 0 Å². The van der Waals surface area contributed by atoms with Crippen LogP contribution in [-0.4, -0.2) is 48.9 Å². The van der Waals surface area contributed by atoms with E-state index in [1.54, 1.807) is 0 Å². The first-order valence-electron chi connectivity index (χ1n) is 5.45. The van der Waals surface area contributed by atoms with Crippen LogP contribution >= 0.6 is 0 Å². The molecule has 0 saturated carbocycles. The summed E-state index contributed by atoms with van der Waals surface area (Å²) >= 11 is 0. The Hall–Kier alpha value is -0.940. The molecule has 2 N–H and O–H groups in total. The number of nitrogens with one attached hydrogen (secondary N) is 2. The van der Waals surface area contributed by atoms with E-state index in [4.69, 9.17) is 0 Å². The molecule has 5 nitrogen and oxygen atoms in total. The summed E-state index contributed by atoms with van der Waals surface area (Å²) < 4.78 is 0. The Balaban J connectivity index is 1.97. The van der Waals surface area contributed by atoms with Gasteiger partial charge < -0.3 is 5.32 Å². The van der Waals surface area contributed by atoms with Gasteiger partial charge >= 0.3 is 0 Å². The molecule has 0 bridgehead atoms. The Morgan fingerprint density at radius 2 is 1.93 bits per heavy atom. The summed E-state index contributed by atoms with van der Waals surface area (Å²) in [6.45, 7) is 1.99. The molecule has 15 heavy (non-hydrogen) atoms. The standard InChI is InChI=1S/C10H17N3O2/c1-13(7-2-4-11-5-3-7)8-6-9(14)12-10(8)15/h7-8,11H,2-6H2,1H3,(H,12,14,15). The van der Waals surface area contributed by atoms with Gasteiger partial charge in [0.05, 0.1) is 12.5 Å². The molecular weight excluding hydrogens is 194 g/mol. The van der Waals surface area contributed by atoms with Crippen LogP contribution in [0.3, 0.4) is 0 Å². The Morgan fingerprint density at radius 3 is 2.47 bits per heavy atom. The van der Waals surface area contributed by atoms with Crippen LogP contribution in [0.2, 0.25) is 0 Å².